The molecule has 1 aromatic carbocycles. The van der Waals surface area contributed by atoms with Gasteiger partial charge in [-0.2, -0.15) is 0 Å². The van der Waals surface area contributed by atoms with Crippen molar-refractivity contribution in [2.24, 2.45) is 5.41 Å². The lowest BCUT2D eigenvalue weighted by Gasteiger charge is -2.20. The summed E-state index contributed by atoms with van der Waals surface area (Å²) in [4.78, 5) is 33.0. The van der Waals surface area contributed by atoms with Crippen LogP contribution >= 0.6 is 0 Å². The minimum Gasteiger partial charge on any atom is -0.502 e. The topological polar surface area (TPSA) is 139 Å². The minimum atomic E-state index is -1.32. The van der Waals surface area contributed by atoms with Crippen molar-refractivity contribution < 1.29 is 29.5 Å². The van der Waals surface area contributed by atoms with E-state index in [-0.39, 0.29) is 24.0 Å². The quantitative estimate of drug-likeness (QED) is 0.532. The van der Waals surface area contributed by atoms with Crippen molar-refractivity contribution >= 4 is 17.7 Å². The van der Waals surface area contributed by atoms with Crippen molar-refractivity contribution in [1.82, 2.24) is 5.32 Å². The number of ether oxygens (including phenoxy) is 1. The predicted molar refractivity (Wildman–Crippen MR) is 83.8 cm³/mol. The molecule has 9 nitrogen and oxygen atoms in total. The maximum atomic E-state index is 11.7. The molecule has 0 spiro atoms. The molecule has 1 atom stereocenters. The van der Waals surface area contributed by atoms with Crippen molar-refractivity contribution in [2.45, 2.75) is 33.2 Å². The second-order valence-electron chi connectivity index (χ2n) is 6.46. The Hall–Kier alpha value is -2.84. The molecule has 1 rings (SSSR count). The van der Waals surface area contributed by atoms with E-state index in [1.54, 1.807) is 0 Å². The monoisotopic (exact) mass is 340 g/mol. The highest BCUT2D eigenvalue weighted by Gasteiger charge is 2.24. The Bertz CT molecular complexity index is 637. The third kappa shape index (κ3) is 6.11. The van der Waals surface area contributed by atoms with Gasteiger partial charge in [-0.3, -0.25) is 10.1 Å². The van der Waals surface area contributed by atoms with Gasteiger partial charge in [0.25, 0.3) is 0 Å². The molecule has 0 bridgehead atoms. The van der Waals surface area contributed by atoms with E-state index in [2.05, 4.69) is 5.32 Å². The predicted octanol–water partition coefficient (Wildman–Crippen LogP) is 2.07. The number of nitrogens with zero attached hydrogens (tertiary/aromatic N) is 1. The van der Waals surface area contributed by atoms with Crippen LogP contribution in [0, 0.1) is 15.5 Å². The summed E-state index contributed by atoms with van der Waals surface area (Å²) in [5.74, 6) is -1.83. The number of nitro benzene ring substituents is 1. The first kappa shape index (κ1) is 19.2. The summed E-state index contributed by atoms with van der Waals surface area (Å²) in [6, 6.07) is 2.19. The summed E-state index contributed by atoms with van der Waals surface area (Å²) >= 11 is 0. The lowest BCUT2D eigenvalue weighted by Crippen LogP contribution is -2.43. The molecule has 24 heavy (non-hydrogen) atoms. The summed E-state index contributed by atoms with van der Waals surface area (Å²) in [6.07, 6.45) is -1.08. The first-order valence-electron chi connectivity index (χ1n) is 7.12. The number of alkyl carbamates (subject to hydrolysis) is 1. The lowest BCUT2D eigenvalue weighted by molar-refractivity contribution is -0.385. The fourth-order valence-electron chi connectivity index (χ4n) is 1.74. The Morgan fingerprint density at radius 1 is 1.38 bits per heavy atom. The number of phenolic OH excluding ortho intramolecular Hbond substituents is 1. The van der Waals surface area contributed by atoms with Crippen LogP contribution in [0.25, 0.3) is 0 Å². The fourth-order valence-corrected chi connectivity index (χ4v) is 1.74. The van der Waals surface area contributed by atoms with Crippen molar-refractivity contribution in [2.75, 3.05) is 6.61 Å². The smallest absolute Gasteiger partial charge is 0.407 e. The summed E-state index contributed by atoms with van der Waals surface area (Å²) in [5.41, 5.74) is -0.525. The molecular formula is C15H20N2O7. The molecule has 9 heteroatoms. The fraction of sp³-hybridized carbons (Fsp3) is 0.467. The molecule has 0 saturated heterocycles. The third-order valence-electron chi connectivity index (χ3n) is 2.90. The van der Waals surface area contributed by atoms with Crippen molar-refractivity contribution in [3.05, 3.63) is 33.9 Å². The molecule has 0 aliphatic rings. The number of amides is 1. The Morgan fingerprint density at radius 3 is 2.50 bits per heavy atom. The number of carbonyl (C=O) groups is 2. The lowest BCUT2D eigenvalue weighted by atomic mass is 9.99. The molecule has 0 heterocycles. The number of nitrogens with one attached hydrogen (secondary N) is 1. The molecule has 1 unspecified atom stereocenters. The molecule has 0 fully saturated rings. The van der Waals surface area contributed by atoms with Gasteiger partial charge in [-0.05, 0) is 17.0 Å². The van der Waals surface area contributed by atoms with Gasteiger partial charge in [0, 0.05) is 12.5 Å². The Kier molecular flexibility index (Phi) is 6.10. The second-order valence-corrected chi connectivity index (χ2v) is 6.46. The van der Waals surface area contributed by atoms with E-state index in [0.717, 1.165) is 12.1 Å². The zero-order valence-electron chi connectivity index (χ0n) is 13.6. The zero-order valence-corrected chi connectivity index (χ0v) is 13.6. The molecule has 1 aromatic rings. The molecule has 0 radical (unpaired) electrons. The number of nitro groups is 1. The Morgan fingerprint density at radius 2 is 2.00 bits per heavy atom. The highest BCUT2D eigenvalue weighted by Crippen LogP contribution is 2.26. The second kappa shape index (κ2) is 7.62. The highest BCUT2D eigenvalue weighted by atomic mass is 16.6. The highest BCUT2D eigenvalue weighted by molar-refractivity contribution is 5.80. The number of aromatic hydroxyl groups is 1. The van der Waals surface area contributed by atoms with E-state index in [0.29, 0.717) is 0 Å². The van der Waals surface area contributed by atoms with E-state index in [4.69, 9.17) is 4.74 Å². The maximum Gasteiger partial charge on any atom is 0.407 e. The van der Waals surface area contributed by atoms with Crippen LogP contribution in [0.5, 0.6) is 5.75 Å². The Labute approximate surface area is 138 Å². The number of carboxylic acid groups (broad SMARTS) is 1. The molecular weight excluding hydrogens is 320 g/mol. The number of benzene rings is 1. The molecule has 0 saturated carbocycles. The van der Waals surface area contributed by atoms with Crippen LogP contribution in [0.1, 0.15) is 26.3 Å². The zero-order chi connectivity index (χ0) is 18.5. The van der Waals surface area contributed by atoms with Crippen LogP contribution in [0.3, 0.4) is 0 Å². The van der Waals surface area contributed by atoms with Crippen LogP contribution in [-0.4, -0.2) is 39.8 Å². The molecule has 0 aliphatic heterocycles. The van der Waals surface area contributed by atoms with E-state index in [1.165, 1.54) is 6.07 Å². The number of hydrogen-bond acceptors (Lipinski definition) is 6. The van der Waals surface area contributed by atoms with Crippen LogP contribution in [0.4, 0.5) is 10.5 Å². The van der Waals surface area contributed by atoms with Gasteiger partial charge in [0.05, 0.1) is 11.5 Å². The first-order chi connectivity index (χ1) is 11.0. The van der Waals surface area contributed by atoms with Crippen LogP contribution in [-0.2, 0) is 16.0 Å². The van der Waals surface area contributed by atoms with Gasteiger partial charge in [0.1, 0.15) is 6.04 Å². The average molecular weight is 340 g/mol. The van der Waals surface area contributed by atoms with Gasteiger partial charge in [-0.15, -0.1) is 0 Å². The minimum absolute atomic E-state index is 0.107. The van der Waals surface area contributed by atoms with Gasteiger partial charge < -0.3 is 20.3 Å². The number of rotatable bonds is 6. The number of carbonyl (C=O) groups excluding carboxylic acids is 1. The summed E-state index contributed by atoms with van der Waals surface area (Å²) in [6.45, 7) is 5.66. The van der Waals surface area contributed by atoms with E-state index < -0.39 is 34.5 Å². The normalized spacial score (nSPS) is 12.3. The number of aliphatic carboxylic acids is 1. The number of carboxylic acids is 1. The van der Waals surface area contributed by atoms with Crippen LogP contribution in [0.15, 0.2) is 18.2 Å². The van der Waals surface area contributed by atoms with Crippen molar-refractivity contribution in [3.63, 3.8) is 0 Å². The molecule has 3 N–H and O–H groups in total. The van der Waals surface area contributed by atoms with Crippen molar-refractivity contribution in [3.8, 4) is 5.75 Å². The summed E-state index contributed by atoms with van der Waals surface area (Å²) in [5, 5.41) is 31.6. The SMILES string of the molecule is CC(C)(C)COC(=O)NC(Cc1ccc(O)c([N+](=O)[O-])c1)C(=O)O. The van der Waals surface area contributed by atoms with Crippen molar-refractivity contribution in [1.29, 1.82) is 0 Å². The molecule has 132 valence electrons. The van der Waals surface area contributed by atoms with E-state index >= 15 is 0 Å². The Balaban J connectivity index is 2.80. The van der Waals surface area contributed by atoms with Gasteiger partial charge in [0.15, 0.2) is 5.75 Å². The largest absolute Gasteiger partial charge is 0.502 e. The maximum absolute atomic E-state index is 11.7. The van der Waals surface area contributed by atoms with Gasteiger partial charge in [0.2, 0.25) is 0 Å². The van der Waals surface area contributed by atoms with Crippen LogP contribution in [0.2, 0.25) is 0 Å². The number of hydrogen-bond donors (Lipinski definition) is 3. The van der Waals surface area contributed by atoms with Gasteiger partial charge in [-0.1, -0.05) is 26.8 Å². The molecule has 0 aromatic heterocycles. The average Bonchev–Trinajstić information content (AvgIpc) is 2.45. The third-order valence-corrected chi connectivity index (χ3v) is 2.90. The van der Waals surface area contributed by atoms with Crippen LogP contribution < -0.4 is 5.32 Å². The number of phenols is 1. The molecule has 1 amide bonds. The summed E-state index contributed by atoms with van der Waals surface area (Å²) < 4.78 is 4.94. The van der Waals surface area contributed by atoms with E-state index in [9.17, 15) is 29.9 Å². The first-order valence-corrected chi connectivity index (χ1v) is 7.12. The van der Waals surface area contributed by atoms with Gasteiger partial charge >= 0.3 is 17.7 Å². The van der Waals surface area contributed by atoms with E-state index in [1.807, 2.05) is 20.8 Å². The molecule has 0 aliphatic carbocycles. The van der Waals surface area contributed by atoms with Gasteiger partial charge in [-0.25, -0.2) is 9.59 Å². The standard InChI is InChI=1S/C15H20N2O7/c1-15(2,3)8-24-14(21)16-10(13(19)20)6-9-4-5-12(18)11(7-9)17(22)23/h4-5,7,10,18H,6,8H2,1-3H3,(H,16,21)(H,19,20). The summed E-state index contributed by atoms with van der Waals surface area (Å²) in [7, 11) is 0.